The van der Waals surface area contributed by atoms with Crippen LogP contribution in [0.25, 0.3) is 0 Å². The first kappa shape index (κ1) is 57.4. The molecule has 0 spiro atoms. The largest absolute Gasteiger partial charge is 0.480 e. The Labute approximate surface area is 344 Å². The van der Waals surface area contributed by atoms with Crippen LogP contribution in [0.4, 0.5) is 74.6 Å². The molecule has 0 bridgehead atoms. The van der Waals surface area contributed by atoms with Crippen molar-refractivity contribution < 1.29 is 123 Å². The van der Waals surface area contributed by atoms with Crippen LogP contribution in [0.3, 0.4) is 0 Å². The van der Waals surface area contributed by atoms with E-state index in [1.54, 1.807) is 5.32 Å². The SMILES string of the molecule is CCN(CC(=O)NCC(O)CN1CCN(CC(=O)O)CCN(CC(=O)O)CCN(CC(=O)O)CC1)S(=O)(=O)C(F)(F)C(F)(F)C(F)(F)C(F)(F)C(F)(F)C(F)(F)C(F)(F)C(F)(F)F. The number of carboxylic acids is 3. The quantitative estimate of drug-likeness (QED) is 0.104. The molecular weight excluding hydrogens is 947 g/mol. The molecule has 0 saturated carbocycles. The van der Waals surface area contributed by atoms with E-state index in [9.17, 15) is 123 Å². The lowest BCUT2D eigenvalue weighted by Gasteiger charge is -2.42. The van der Waals surface area contributed by atoms with Crippen molar-refractivity contribution in [1.82, 2.24) is 29.2 Å². The monoisotopic (exact) mass is 986 g/mol. The van der Waals surface area contributed by atoms with Crippen LogP contribution < -0.4 is 5.32 Å². The minimum Gasteiger partial charge on any atom is -0.480 e. The summed E-state index contributed by atoms with van der Waals surface area (Å²) in [7, 11) is -7.78. The molecule has 1 rings (SSSR count). The number of aliphatic hydroxyl groups is 1. The average Bonchev–Trinajstić information content (AvgIpc) is 3.12. The highest BCUT2D eigenvalue weighted by molar-refractivity contribution is 7.90. The highest BCUT2D eigenvalue weighted by Crippen LogP contribution is 2.64. The van der Waals surface area contributed by atoms with Crippen LogP contribution in [0.2, 0.25) is 0 Å². The fourth-order valence-electron chi connectivity index (χ4n) is 5.46. The topological polar surface area (TPSA) is 212 Å². The lowest BCUT2D eigenvalue weighted by molar-refractivity contribution is -0.458. The molecule has 1 unspecified atom stereocenters. The van der Waals surface area contributed by atoms with Gasteiger partial charge in [-0.1, -0.05) is 6.92 Å². The summed E-state index contributed by atoms with van der Waals surface area (Å²) in [4.78, 5) is 52.1. The first-order valence-corrected chi connectivity index (χ1v) is 18.8. The smallest absolute Gasteiger partial charge is 0.460 e. The maximum absolute atomic E-state index is 14.8. The van der Waals surface area contributed by atoms with Gasteiger partial charge >= 0.3 is 64.9 Å². The molecule has 0 radical (unpaired) electrons. The van der Waals surface area contributed by atoms with Crippen molar-refractivity contribution in [2.45, 2.75) is 60.0 Å². The first-order valence-electron chi connectivity index (χ1n) is 17.4. The van der Waals surface area contributed by atoms with Crippen LogP contribution >= 0.6 is 0 Å². The Hall–Kier alpha value is -3.60. The number of aliphatic carboxylic acids is 3. The van der Waals surface area contributed by atoms with E-state index in [4.69, 9.17) is 0 Å². The van der Waals surface area contributed by atoms with E-state index in [1.165, 1.54) is 19.6 Å². The number of rotatable bonds is 21. The van der Waals surface area contributed by atoms with E-state index in [1.807, 2.05) is 0 Å². The van der Waals surface area contributed by atoms with E-state index < -0.39 is 137 Å². The minimum atomic E-state index is -9.04. The number of alkyl halides is 17. The van der Waals surface area contributed by atoms with Gasteiger partial charge in [-0.3, -0.25) is 38.8 Å². The molecule has 0 aliphatic carbocycles. The third-order valence-electron chi connectivity index (χ3n) is 9.04. The number of hydrogen-bond acceptors (Lipinski definition) is 11. The molecule has 16 nitrogen and oxygen atoms in total. The van der Waals surface area contributed by atoms with Gasteiger partial charge in [-0.2, -0.15) is 78.9 Å². The Morgan fingerprint density at radius 3 is 1.16 bits per heavy atom. The van der Waals surface area contributed by atoms with Crippen LogP contribution in [-0.2, 0) is 29.2 Å². The lowest BCUT2D eigenvalue weighted by atomic mass is 9.91. The maximum atomic E-state index is 14.8. The van der Waals surface area contributed by atoms with Crippen molar-refractivity contribution in [3.05, 3.63) is 0 Å². The van der Waals surface area contributed by atoms with Crippen LogP contribution in [0.5, 0.6) is 0 Å². The summed E-state index contributed by atoms with van der Waals surface area (Å²) in [6.07, 6.45) is -9.78. The Balaban J connectivity index is 3.30. The Kier molecular flexibility index (Phi) is 18.9. The van der Waals surface area contributed by atoms with Crippen molar-refractivity contribution in [3.8, 4) is 0 Å². The second-order valence-corrected chi connectivity index (χ2v) is 15.6. The van der Waals surface area contributed by atoms with Gasteiger partial charge in [0.2, 0.25) is 5.91 Å². The molecule has 370 valence electrons. The van der Waals surface area contributed by atoms with E-state index in [0.29, 0.717) is 6.92 Å². The van der Waals surface area contributed by atoms with Gasteiger partial charge in [0.1, 0.15) is 0 Å². The zero-order valence-electron chi connectivity index (χ0n) is 32.0. The van der Waals surface area contributed by atoms with E-state index in [0.717, 1.165) is 0 Å². The number of carboxylic acid groups (broad SMARTS) is 3. The molecule has 1 heterocycles. The van der Waals surface area contributed by atoms with Gasteiger partial charge in [-0.15, -0.1) is 0 Å². The Bertz CT molecular complexity index is 1680. The number of carbonyl (C=O) groups excluding carboxylic acids is 1. The van der Waals surface area contributed by atoms with Gasteiger partial charge in [0, 0.05) is 72.0 Å². The van der Waals surface area contributed by atoms with Gasteiger partial charge < -0.3 is 25.7 Å². The molecule has 0 aromatic heterocycles. The first-order chi connectivity index (χ1) is 28.2. The van der Waals surface area contributed by atoms with E-state index in [2.05, 4.69) is 0 Å². The molecule has 1 saturated heterocycles. The molecule has 34 heteroatoms. The molecule has 1 amide bonds. The van der Waals surface area contributed by atoms with Crippen molar-refractivity contribution in [1.29, 1.82) is 0 Å². The third kappa shape index (κ3) is 12.6. The molecule has 0 aromatic carbocycles. The number of halogens is 17. The molecule has 0 aromatic rings. The summed E-state index contributed by atoms with van der Waals surface area (Å²) < 4.78 is 257. The van der Waals surface area contributed by atoms with Crippen molar-refractivity contribution in [2.75, 3.05) is 98.2 Å². The third-order valence-corrected chi connectivity index (χ3v) is 11.0. The number of nitrogens with one attached hydrogen (secondary N) is 1. The van der Waals surface area contributed by atoms with Crippen molar-refractivity contribution in [3.63, 3.8) is 0 Å². The van der Waals surface area contributed by atoms with Gasteiger partial charge in [0.05, 0.1) is 32.3 Å². The molecule has 1 fully saturated rings. The molecule has 1 aliphatic rings. The van der Waals surface area contributed by atoms with Crippen molar-refractivity contribution >= 4 is 33.8 Å². The molecule has 1 aliphatic heterocycles. The predicted molar refractivity (Wildman–Crippen MR) is 175 cm³/mol. The van der Waals surface area contributed by atoms with Gasteiger partial charge in [-0.05, 0) is 0 Å². The summed E-state index contributed by atoms with van der Waals surface area (Å²) in [5.41, 5.74) is 0. The molecule has 63 heavy (non-hydrogen) atoms. The summed E-state index contributed by atoms with van der Waals surface area (Å²) in [5, 5.41) is 32.2. The second-order valence-electron chi connectivity index (χ2n) is 13.7. The second kappa shape index (κ2) is 20.7. The molecule has 5 N–H and O–H groups in total. The summed E-state index contributed by atoms with van der Waals surface area (Å²) in [6.45, 7) is -7.31. The standard InChI is InChI=1S/C29H39F17N6O10S/c1-2-52(63(61,62)29(45,46)27(40,41)25(36,37)23(32,33)22(30,31)24(34,35)26(38,39)28(42,43)44)13-18(54)47-11-17(53)12-48-3-5-49(14-19(55)56)7-9-51(16-21(59)60)10-8-50(6-4-48)15-20(57)58/h17,53H,2-16H2,1H3,(H,47,54)(H,55,56)(H,57,58)(H,59,60). The fraction of sp³-hybridized carbons (Fsp3) is 0.862. The fourth-order valence-corrected chi connectivity index (χ4v) is 6.86. The van der Waals surface area contributed by atoms with E-state index in [-0.39, 0.29) is 52.4 Å². The van der Waals surface area contributed by atoms with Crippen LogP contribution in [0.1, 0.15) is 6.92 Å². The Morgan fingerprint density at radius 2 is 0.857 bits per heavy atom. The summed E-state index contributed by atoms with van der Waals surface area (Å²) in [6, 6.07) is 0. The number of likely N-dealkylation sites (N-methyl/N-ethyl adjacent to an activating group) is 1. The number of carbonyl (C=O) groups is 4. The van der Waals surface area contributed by atoms with Crippen LogP contribution in [0.15, 0.2) is 0 Å². The highest BCUT2D eigenvalue weighted by atomic mass is 32.2. The average molecular weight is 987 g/mol. The number of β-amino-alcohol motifs (C(OH)–C–C–N with tert-alkyl or cyclic N) is 1. The normalized spacial score (nSPS) is 18.4. The van der Waals surface area contributed by atoms with Crippen LogP contribution in [0, 0.1) is 0 Å². The highest BCUT2D eigenvalue weighted by Gasteiger charge is 2.96. The van der Waals surface area contributed by atoms with Crippen molar-refractivity contribution in [2.24, 2.45) is 0 Å². The van der Waals surface area contributed by atoms with Gasteiger partial charge in [-0.25, -0.2) is 8.42 Å². The van der Waals surface area contributed by atoms with Gasteiger partial charge in [0.25, 0.3) is 10.0 Å². The Morgan fingerprint density at radius 1 is 0.556 bits per heavy atom. The van der Waals surface area contributed by atoms with E-state index >= 15 is 0 Å². The summed E-state index contributed by atoms with van der Waals surface area (Å²) in [5.74, 6) is -58.6. The van der Waals surface area contributed by atoms with Gasteiger partial charge in [0.15, 0.2) is 0 Å². The lowest BCUT2D eigenvalue weighted by Crippen LogP contribution is -2.75. The predicted octanol–water partition coefficient (Wildman–Crippen LogP) is 1.56. The van der Waals surface area contributed by atoms with Crippen LogP contribution in [-0.4, -0.2) is 228 Å². The zero-order valence-corrected chi connectivity index (χ0v) is 32.8. The zero-order chi connectivity index (χ0) is 49.6. The number of sulfonamides is 1. The minimum absolute atomic E-state index is 0.0140. The maximum Gasteiger partial charge on any atom is 0.460 e. The molecule has 1 atom stereocenters. The number of hydrogen-bond donors (Lipinski definition) is 5. The number of nitrogens with zero attached hydrogens (tertiary/aromatic N) is 5. The number of amides is 1. The molecular formula is C29H39F17N6O10S. The number of aliphatic hydroxyl groups excluding tert-OH is 1. The summed E-state index contributed by atoms with van der Waals surface area (Å²) >= 11 is 0.